The summed E-state index contributed by atoms with van der Waals surface area (Å²) in [6, 6.07) is 0.417. The molecule has 3 nitrogen and oxygen atoms in total. The number of halogens is 1. The molecule has 0 amide bonds. The Morgan fingerprint density at radius 1 is 1.23 bits per heavy atom. The summed E-state index contributed by atoms with van der Waals surface area (Å²) in [5.74, 6) is 0. The highest BCUT2D eigenvalue weighted by Gasteiger charge is 2.32. The molecule has 13 heavy (non-hydrogen) atoms. The van der Waals surface area contributed by atoms with E-state index in [9.17, 15) is 4.39 Å². The quantitative estimate of drug-likeness (QED) is 0.557. The SMILES string of the molecule is N#CN1CCC(N2CCC(F)C2)C1. The third-order valence-corrected chi connectivity index (χ3v) is 2.98. The molecule has 0 aliphatic carbocycles. The third kappa shape index (κ3) is 1.75. The van der Waals surface area contributed by atoms with Gasteiger partial charge in [0.05, 0.1) is 0 Å². The normalized spacial score (nSPS) is 35.2. The fraction of sp³-hybridized carbons (Fsp3) is 0.889. The zero-order valence-electron chi connectivity index (χ0n) is 7.62. The summed E-state index contributed by atoms with van der Waals surface area (Å²) in [5.41, 5.74) is 0. The predicted molar refractivity (Wildman–Crippen MR) is 46.7 cm³/mol. The van der Waals surface area contributed by atoms with Crippen molar-refractivity contribution in [3.05, 3.63) is 0 Å². The van der Waals surface area contributed by atoms with Crippen molar-refractivity contribution in [2.24, 2.45) is 0 Å². The first-order valence-electron chi connectivity index (χ1n) is 4.82. The van der Waals surface area contributed by atoms with Crippen LogP contribution in [0.4, 0.5) is 4.39 Å². The lowest BCUT2D eigenvalue weighted by Crippen LogP contribution is -2.35. The molecular weight excluding hydrogens is 169 g/mol. The van der Waals surface area contributed by atoms with E-state index in [0.29, 0.717) is 19.0 Å². The van der Waals surface area contributed by atoms with Gasteiger partial charge in [-0.05, 0) is 12.8 Å². The van der Waals surface area contributed by atoms with Gasteiger partial charge in [-0.3, -0.25) is 4.90 Å². The molecule has 0 saturated carbocycles. The van der Waals surface area contributed by atoms with Crippen LogP contribution in [-0.2, 0) is 0 Å². The fourth-order valence-corrected chi connectivity index (χ4v) is 2.21. The van der Waals surface area contributed by atoms with Crippen LogP contribution in [0.2, 0.25) is 0 Å². The topological polar surface area (TPSA) is 30.3 Å². The standard InChI is InChI=1S/C9H14FN3/c10-8-1-4-13(5-8)9-2-3-12(6-9)7-11/h8-9H,1-6H2. The number of likely N-dealkylation sites (tertiary alicyclic amines) is 2. The number of hydrogen-bond donors (Lipinski definition) is 0. The molecule has 2 aliphatic heterocycles. The third-order valence-electron chi connectivity index (χ3n) is 2.98. The summed E-state index contributed by atoms with van der Waals surface area (Å²) in [7, 11) is 0. The number of alkyl halides is 1. The van der Waals surface area contributed by atoms with E-state index in [0.717, 1.165) is 26.1 Å². The van der Waals surface area contributed by atoms with Crippen LogP contribution in [-0.4, -0.2) is 48.2 Å². The van der Waals surface area contributed by atoms with Gasteiger partial charge in [-0.1, -0.05) is 0 Å². The van der Waals surface area contributed by atoms with Crippen molar-refractivity contribution in [2.45, 2.75) is 25.1 Å². The molecule has 2 fully saturated rings. The fourth-order valence-electron chi connectivity index (χ4n) is 2.21. The minimum Gasteiger partial charge on any atom is -0.309 e. The Bertz CT molecular complexity index is 225. The lowest BCUT2D eigenvalue weighted by atomic mass is 10.2. The van der Waals surface area contributed by atoms with Crippen LogP contribution in [0.3, 0.4) is 0 Å². The molecule has 0 aromatic heterocycles. The van der Waals surface area contributed by atoms with Gasteiger partial charge in [-0.25, -0.2) is 4.39 Å². The molecule has 2 heterocycles. The smallest absolute Gasteiger partial charge is 0.179 e. The predicted octanol–water partition coefficient (Wildman–Crippen LogP) is 0.586. The molecule has 0 aromatic carbocycles. The number of nitriles is 1. The van der Waals surface area contributed by atoms with Gasteiger partial charge in [0.25, 0.3) is 0 Å². The number of rotatable bonds is 1. The van der Waals surface area contributed by atoms with Crippen LogP contribution in [0, 0.1) is 11.5 Å². The molecule has 0 bridgehead atoms. The van der Waals surface area contributed by atoms with Crippen molar-refractivity contribution < 1.29 is 4.39 Å². The minimum atomic E-state index is -0.642. The van der Waals surface area contributed by atoms with Gasteiger partial charge in [-0.15, -0.1) is 0 Å². The van der Waals surface area contributed by atoms with Gasteiger partial charge < -0.3 is 4.90 Å². The van der Waals surface area contributed by atoms with Crippen molar-refractivity contribution in [3.8, 4) is 6.19 Å². The van der Waals surface area contributed by atoms with E-state index in [1.54, 1.807) is 4.90 Å². The minimum absolute atomic E-state index is 0.417. The molecule has 4 heteroatoms. The molecule has 2 rings (SSSR count). The van der Waals surface area contributed by atoms with Gasteiger partial charge >= 0.3 is 0 Å². The van der Waals surface area contributed by atoms with Crippen molar-refractivity contribution in [2.75, 3.05) is 26.2 Å². The summed E-state index contributed by atoms with van der Waals surface area (Å²) in [4.78, 5) is 3.94. The first kappa shape index (κ1) is 8.76. The molecule has 72 valence electrons. The van der Waals surface area contributed by atoms with E-state index in [1.807, 2.05) is 0 Å². The Morgan fingerprint density at radius 3 is 2.62 bits per heavy atom. The first-order valence-corrected chi connectivity index (χ1v) is 4.82. The summed E-state index contributed by atoms with van der Waals surface area (Å²) < 4.78 is 12.9. The van der Waals surface area contributed by atoms with E-state index >= 15 is 0 Å². The van der Waals surface area contributed by atoms with Gasteiger partial charge in [0.2, 0.25) is 0 Å². The molecule has 2 atom stereocenters. The van der Waals surface area contributed by atoms with Crippen molar-refractivity contribution in [3.63, 3.8) is 0 Å². The van der Waals surface area contributed by atoms with Gasteiger partial charge in [0.15, 0.2) is 6.19 Å². The summed E-state index contributed by atoms with van der Waals surface area (Å²) in [6.45, 7) is 3.08. The van der Waals surface area contributed by atoms with E-state index in [-0.39, 0.29) is 0 Å². The van der Waals surface area contributed by atoms with E-state index in [1.165, 1.54) is 0 Å². The Hall–Kier alpha value is -0.820. The highest BCUT2D eigenvalue weighted by molar-refractivity contribution is 4.92. The molecule has 0 N–H and O–H groups in total. The zero-order valence-corrected chi connectivity index (χ0v) is 7.62. The highest BCUT2D eigenvalue weighted by atomic mass is 19.1. The second kappa shape index (κ2) is 3.51. The molecule has 2 aliphatic rings. The van der Waals surface area contributed by atoms with Gasteiger partial charge in [-0.2, -0.15) is 5.26 Å². The Morgan fingerprint density at radius 2 is 2.08 bits per heavy atom. The van der Waals surface area contributed by atoms with Gasteiger partial charge in [0, 0.05) is 32.2 Å². The van der Waals surface area contributed by atoms with Crippen molar-refractivity contribution in [1.82, 2.24) is 9.80 Å². The molecule has 2 unspecified atom stereocenters. The van der Waals surface area contributed by atoms with Gasteiger partial charge in [0.1, 0.15) is 6.17 Å². The number of hydrogen-bond acceptors (Lipinski definition) is 3. The molecule has 0 aromatic rings. The molecule has 0 spiro atoms. The van der Waals surface area contributed by atoms with E-state index in [4.69, 9.17) is 5.26 Å². The maximum Gasteiger partial charge on any atom is 0.179 e. The summed E-state index contributed by atoms with van der Waals surface area (Å²) in [5, 5.41) is 8.66. The van der Waals surface area contributed by atoms with Crippen LogP contribution >= 0.6 is 0 Å². The average Bonchev–Trinajstić information content (AvgIpc) is 2.71. The average molecular weight is 183 g/mol. The molecule has 0 radical (unpaired) electrons. The monoisotopic (exact) mass is 183 g/mol. The highest BCUT2D eigenvalue weighted by Crippen LogP contribution is 2.21. The van der Waals surface area contributed by atoms with Crippen LogP contribution < -0.4 is 0 Å². The lowest BCUT2D eigenvalue weighted by Gasteiger charge is -2.22. The second-order valence-electron chi connectivity index (χ2n) is 3.87. The van der Waals surface area contributed by atoms with E-state index in [2.05, 4.69) is 11.1 Å². The van der Waals surface area contributed by atoms with Crippen LogP contribution in [0.15, 0.2) is 0 Å². The second-order valence-corrected chi connectivity index (χ2v) is 3.87. The van der Waals surface area contributed by atoms with Crippen LogP contribution in [0.1, 0.15) is 12.8 Å². The molecular formula is C9H14FN3. The van der Waals surface area contributed by atoms with Crippen LogP contribution in [0.5, 0.6) is 0 Å². The van der Waals surface area contributed by atoms with E-state index < -0.39 is 6.17 Å². The maximum atomic E-state index is 12.9. The largest absolute Gasteiger partial charge is 0.309 e. The molecule has 2 saturated heterocycles. The van der Waals surface area contributed by atoms with Crippen LogP contribution in [0.25, 0.3) is 0 Å². The van der Waals surface area contributed by atoms with Crippen molar-refractivity contribution in [1.29, 1.82) is 5.26 Å². The van der Waals surface area contributed by atoms with Crippen molar-refractivity contribution >= 4 is 0 Å². The first-order chi connectivity index (χ1) is 6.29. The Kier molecular flexibility index (Phi) is 2.36. The zero-order chi connectivity index (χ0) is 9.26. The Labute approximate surface area is 77.7 Å². The summed E-state index contributed by atoms with van der Waals surface area (Å²) in [6.07, 6.45) is 3.18. The number of nitrogens with zero attached hydrogens (tertiary/aromatic N) is 3. The summed E-state index contributed by atoms with van der Waals surface area (Å²) >= 11 is 0. The lowest BCUT2D eigenvalue weighted by molar-refractivity contribution is 0.225. The maximum absolute atomic E-state index is 12.9. The Balaban J connectivity index is 1.86.